The molecule has 1 saturated heterocycles. The van der Waals surface area contributed by atoms with Gasteiger partial charge in [0, 0.05) is 24.7 Å². The molecule has 2 aromatic rings. The highest BCUT2D eigenvalue weighted by Gasteiger charge is 2.18. The van der Waals surface area contributed by atoms with E-state index in [2.05, 4.69) is 15.0 Å². The first-order valence-electron chi connectivity index (χ1n) is 6.67. The van der Waals surface area contributed by atoms with Gasteiger partial charge in [0.15, 0.2) is 5.82 Å². The molecule has 0 unspecified atom stereocenters. The maximum atomic E-state index is 5.89. The van der Waals surface area contributed by atoms with Crippen molar-refractivity contribution in [2.24, 2.45) is 5.73 Å². The highest BCUT2D eigenvalue weighted by atomic mass is 16.5. The van der Waals surface area contributed by atoms with Crippen LogP contribution in [0.3, 0.4) is 0 Å². The molecule has 0 radical (unpaired) electrons. The number of hydrogen-bond donors (Lipinski definition) is 1. The lowest BCUT2D eigenvalue weighted by Gasteiger charge is -2.28. The Balaban J connectivity index is 1.65. The van der Waals surface area contributed by atoms with Gasteiger partial charge in [0.1, 0.15) is 0 Å². The number of benzene rings is 1. The number of piperidine rings is 1. The molecule has 1 aromatic carbocycles. The smallest absolute Gasteiger partial charge is 0.257 e. The fourth-order valence-electron chi connectivity index (χ4n) is 2.33. The zero-order valence-corrected chi connectivity index (χ0v) is 10.8. The lowest BCUT2D eigenvalue weighted by Crippen LogP contribution is -2.39. The molecular weight excluding hydrogens is 240 g/mol. The molecule has 1 aromatic heterocycles. The van der Waals surface area contributed by atoms with E-state index < -0.39 is 0 Å². The molecule has 0 bridgehead atoms. The van der Waals surface area contributed by atoms with Gasteiger partial charge in [-0.15, -0.1) is 0 Å². The van der Waals surface area contributed by atoms with Gasteiger partial charge in [-0.1, -0.05) is 23.4 Å². The zero-order chi connectivity index (χ0) is 13.1. The number of rotatable bonds is 3. The minimum atomic E-state index is 0.349. The van der Waals surface area contributed by atoms with Gasteiger partial charge in [0.25, 0.3) is 5.89 Å². The fraction of sp³-hybridized carbons (Fsp3) is 0.429. The molecule has 0 atom stereocenters. The Morgan fingerprint density at radius 3 is 2.68 bits per heavy atom. The summed E-state index contributed by atoms with van der Waals surface area (Å²) in [6.07, 6.45) is 2.09. The summed E-state index contributed by atoms with van der Waals surface area (Å²) in [7, 11) is 0. The van der Waals surface area contributed by atoms with Gasteiger partial charge in [-0.05, 0) is 25.0 Å². The van der Waals surface area contributed by atoms with Gasteiger partial charge in [-0.3, -0.25) is 4.90 Å². The van der Waals surface area contributed by atoms with Gasteiger partial charge in [0.05, 0.1) is 6.54 Å². The van der Waals surface area contributed by atoms with E-state index in [-0.39, 0.29) is 0 Å². The van der Waals surface area contributed by atoms with Crippen molar-refractivity contribution >= 4 is 0 Å². The summed E-state index contributed by atoms with van der Waals surface area (Å²) in [4.78, 5) is 6.77. The molecule has 5 nitrogen and oxygen atoms in total. The molecule has 5 heteroatoms. The van der Waals surface area contributed by atoms with Crippen molar-refractivity contribution in [3.05, 3.63) is 36.2 Å². The van der Waals surface area contributed by atoms with E-state index in [4.69, 9.17) is 10.3 Å². The van der Waals surface area contributed by atoms with Crippen LogP contribution in [0.4, 0.5) is 0 Å². The molecule has 2 heterocycles. The Morgan fingerprint density at radius 1 is 1.21 bits per heavy atom. The summed E-state index contributed by atoms with van der Waals surface area (Å²) in [5.74, 6) is 1.33. The summed E-state index contributed by atoms with van der Waals surface area (Å²) >= 11 is 0. The van der Waals surface area contributed by atoms with Crippen LogP contribution in [-0.4, -0.2) is 34.2 Å². The van der Waals surface area contributed by atoms with Gasteiger partial charge < -0.3 is 10.3 Å². The third kappa shape index (κ3) is 3.00. The molecular formula is C14H18N4O. The van der Waals surface area contributed by atoms with Crippen molar-refractivity contribution in [3.8, 4) is 11.5 Å². The van der Waals surface area contributed by atoms with Crippen LogP contribution in [0, 0.1) is 0 Å². The Kier molecular flexibility index (Phi) is 3.57. The van der Waals surface area contributed by atoms with Crippen molar-refractivity contribution in [1.82, 2.24) is 15.0 Å². The number of nitrogens with zero attached hydrogens (tertiary/aromatic N) is 3. The van der Waals surface area contributed by atoms with Crippen LogP contribution in [0.2, 0.25) is 0 Å². The van der Waals surface area contributed by atoms with E-state index in [1.54, 1.807) is 0 Å². The van der Waals surface area contributed by atoms with E-state index in [0.29, 0.717) is 11.9 Å². The van der Waals surface area contributed by atoms with E-state index in [1.807, 2.05) is 30.3 Å². The minimum absolute atomic E-state index is 0.349. The first-order valence-corrected chi connectivity index (χ1v) is 6.67. The predicted octanol–water partition coefficient (Wildman–Crippen LogP) is 1.66. The lowest BCUT2D eigenvalue weighted by molar-refractivity contribution is 0.199. The fourth-order valence-corrected chi connectivity index (χ4v) is 2.33. The SMILES string of the molecule is NC1CCN(Cc2noc(-c3ccccc3)n2)CC1. The Bertz CT molecular complexity index is 517. The maximum absolute atomic E-state index is 5.89. The molecule has 3 rings (SSSR count). The first-order chi connectivity index (χ1) is 9.31. The summed E-state index contributed by atoms with van der Waals surface area (Å²) < 4.78 is 5.30. The van der Waals surface area contributed by atoms with E-state index in [9.17, 15) is 0 Å². The normalized spacial score (nSPS) is 17.7. The van der Waals surface area contributed by atoms with Gasteiger partial charge in [-0.2, -0.15) is 4.98 Å². The van der Waals surface area contributed by atoms with Gasteiger partial charge in [-0.25, -0.2) is 0 Å². The molecule has 1 aliphatic rings. The molecule has 19 heavy (non-hydrogen) atoms. The Labute approximate surface area is 112 Å². The van der Waals surface area contributed by atoms with E-state index in [1.165, 1.54) is 0 Å². The maximum Gasteiger partial charge on any atom is 0.257 e. The molecule has 0 spiro atoms. The van der Waals surface area contributed by atoms with Crippen LogP contribution in [0.25, 0.3) is 11.5 Å². The Hall–Kier alpha value is -1.72. The summed E-state index contributed by atoms with van der Waals surface area (Å²) in [6.45, 7) is 2.76. The van der Waals surface area contributed by atoms with Crippen LogP contribution < -0.4 is 5.73 Å². The van der Waals surface area contributed by atoms with Crippen molar-refractivity contribution < 1.29 is 4.52 Å². The molecule has 0 aliphatic carbocycles. The molecule has 1 aliphatic heterocycles. The lowest BCUT2D eigenvalue weighted by atomic mass is 10.1. The van der Waals surface area contributed by atoms with Crippen LogP contribution in [0.5, 0.6) is 0 Å². The average Bonchev–Trinajstić information content (AvgIpc) is 2.91. The van der Waals surface area contributed by atoms with E-state index in [0.717, 1.165) is 43.9 Å². The second-order valence-electron chi connectivity index (χ2n) is 5.00. The average molecular weight is 258 g/mol. The van der Waals surface area contributed by atoms with Crippen molar-refractivity contribution in [1.29, 1.82) is 0 Å². The van der Waals surface area contributed by atoms with Crippen LogP contribution >= 0.6 is 0 Å². The van der Waals surface area contributed by atoms with Gasteiger partial charge in [0.2, 0.25) is 0 Å². The van der Waals surface area contributed by atoms with Gasteiger partial charge >= 0.3 is 0 Å². The standard InChI is InChI=1S/C14H18N4O/c15-12-6-8-18(9-7-12)10-13-16-14(19-17-13)11-4-2-1-3-5-11/h1-5,12H,6-10,15H2. The monoisotopic (exact) mass is 258 g/mol. The number of hydrogen-bond acceptors (Lipinski definition) is 5. The number of likely N-dealkylation sites (tertiary alicyclic amines) is 1. The molecule has 0 saturated carbocycles. The quantitative estimate of drug-likeness (QED) is 0.906. The summed E-state index contributed by atoms with van der Waals surface area (Å²) in [6, 6.07) is 10.2. The highest BCUT2D eigenvalue weighted by Crippen LogP contribution is 2.17. The number of aromatic nitrogens is 2. The third-order valence-corrected chi connectivity index (χ3v) is 3.49. The third-order valence-electron chi connectivity index (χ3n) is 3.49. The van der Waals surface area contributed by atoms with E-state index >= 15 is 0 Å². The van der Waals surface area contributed by atoms with Crippen LogP contribution in [0.1, 0.15) is 18.7 Å². The number of nitrogens with two attached hydrogens (primary N) is 1. The van der Waals surface area contributed by atoms with Crippen molar-refractivity contribution in [2.75, 3.05) is 13.1 Å². The summed E-state index contributed by atoms with van der Waals surface area (Å²) in [5.41, 5.74) is 6.85. The molecule has 100 valence electrons. The zero-order valence-electron chi connectivity index (χ0n) is 10.8. The second-order valence-corrected chi connectivity index (χ2v) is 5.00. The minimum Gasteiger partial charge on any atom is -0.334 e. The largest absolute Gasteiger partial charge is 0.334 e. The van der Waals surface area contributed by atoms with Crippen LogP contribution in [-0.2, 0) is 6.54 Å². The van der Waals surface area contributed by atoms with Crippen molar-refractivity contribution in [3.63, 3.8) is 0 Å². The van der Waals surface area contributed by atoms with Crippen molar-refractivity contribution in [2.45, 2.75) is 25.4 Å². The second kappa shape index (κ2) is 5.50. The molecule has 1 fully saturated rings. The topological polar surface area (TPSA) is 68.2 Å². The first kappa shape index (κ1) is 12.3. The Morgan fingerprint density at radius 2 is 1.95 bits per heavy atom. The van der Waals surface area contributed by atoms with Crippen LogP contribution in [0.15, 0.2) is 34.9 Å². The molecule has 0 amide bonds. The molecule has 2 N–H and O–H groups in total. The predicted molar refractivity (Wildman–Crippen MR) is 72.2 cm³/mol. The highest BCUT2D eigenvalue weighted by molar-refractivity contribution is 5.51. The summed E-state index contributed by atoms with van der Waals surface area (Å²) in [5, 5.41) is 4.05.